The largest absolute Gasteiger partial charge is 0.618 e. The smallest absolute Gasteiger partial charge is 0.285 e. The molecule has 0 N–H and O–H groups in total. The number of amides is 1. The van der Waals surface area contributed by atoms with E-state index in [0.29, 0.717) is 22.5 Å². The topological polar surface area (TPSA) is 73.3 Å². The van der Waals surface area contributed by atoms with Gasteiger partial charge in [0, 0.05) is 31.5 Å². The Kier molecular flexibility index (Phi) is 3.39. The summed E-state index contributed by atoms with van der Waals surface area (Å²) < 4.78 is 6.46. The summed E-state index contributed by atoms with van der Waals surface area (Å²) in [5.41, 5.74) is 1.97. The maximum atomic E-state index is 12.9. The van der Waals surface area contributed by atoms with Crippen LogP contribution in [0.25, 0.3) is 22.0 Å². The van der Waals surface area contributed by atoms with Crippen molar-refractivity contribution < 1.29 is 13.9 Å². The fourth-order valence-corrected chi connectivity index (χ4v) is 2.80. The summed E-state index contributed by atoms with van der Waals surface area (Å²) >= 11 is 0. The van der Waals surface area contributed by atoms with E-state index in [2.05, 4.69) is 4.98 Å². The molecule has 2 heterocycles. The van der Waals surface area contributed by atoms with E-state index < -0.39 is 5.91 Å². The van der Waals surface area contributed by atoms with E-state index in [1.165, 1.54) is 4.90 Å². The number of para-hydroxylation sites is 3. The number of carbonyl (C=O) groups is 1. The lowest BCUT2D eigenvalue weighted by molar-refractivity contribution is -0.584. The Morgan fingerprint density at radius 1 is 1.16 bits per heavy atom. The van der Waals surface area contributed by atoms with Crippen LogP contribution >= 0.6 is 0 Å². The third-order valence-electron chi connectivity index (χ3n) is 4.23. The molecule has 124 valence electrons. The monoisotopic (exact) mass is 333 g/mol. The molecule has 0 fully saturated rings. The normalized spacial score (nSPS) is 11.1. The molecule has 4 rings (SSSR count). The van der Waals surface area contributed by atoms with Gasteiger partial charge in [0.25, 0.3) is 5.91 Å². The van der Waals surface area contributed by atoms with Crippen LogP contribution in [0.3, 0.4) is 0 Å². The van der Waals surface area contributed by atoms with Gasteiger partial charge >= 0.3 is 0 Å². The van der Waals surface area contributed by atoms with Crippen LogP contribution in [0, 0.1) is 12.1 Å². The number of benzene rings is 2. The molecule has 25 heavy (non-hydrogen) atoms. The molecule has 0 saturated heterocycles. The second-order valence-electron chi connectivity index (χ2n) is 5.82. The number of aromatic nitrogens is 2. The fraction of sp³-hybridized carbons (Fsp3) is 0.105. The molecule has 2 aromatic carbocycles. The average Bonchev–Trinajstić information content (AvgIpc) is 3.07. The zero-order valence-electron chi connectivity index (χ0n) is 13.8. The minimum atomic E-state index is -0.396. The van der Waals surface area contributed by atoms with Crippen LogP contribution in [0.5, 0.6) is 0 Å². The zero-order chi connectivity index (χ0) is 17.6. The van der Waals surface area contributed by atoms with E-state index in [9.17, 15) is 10.0 Å². The highest BCUT2D eigenvalue weighted by molar-refractivity contribution is 6.05. The maximum Gasteiger partial charge on any atom is 0.285 e. The molecule has 0 atom stereocenters. The van der Waals surface area contributed by atoms with Gasteiger partial charge in [0.1, 0.15) is 11.1 Å². The number of hydrogen-bond donors (Lipinski definition) is 0. The second-order valence-corrected chi connectivity index (χ2v) is 5.82. The predicted molar refractivity (Wildman–Crippen MR) is 94.4 cm³/mol. The van der Waals surface area contributed by atoms with Crippen molar-refractivity contribution in [1.82, 2.24) is 4.98 Å². The molecule has 0 spiro atoms. The van der Waals surface area contributed by atoms with Crippen molar-refractivity contribution in [2.75, 3.05) is 11.9 Å². The van der Waals surface area contributed by atoms with Gasteiger partial charge < -0.3 is 9.62 Å². The van der Waals surface area contributed by atoms with Crippen LogP contribution < -0.4 is 9.63 Å². The van der Waals surface area contributed by atoms with E-state index in [0.717, 1.165) is 10.1 Å². The molecule has 0 aliphatic heterocycles. The Balaban J connectivity index is 1.79. The Morgan fingerprint density at radius 3 is 2.68 bits per heavy atom. The summed E-state index contributed by atoms with van der Waals surface area (Å²) in [5, 5.41) is 13.3. The molecular formula is C19H15N3O3. The van der Waals surface area contributed by atoms with Crippen molar-refractivity contribution in [3.8, 4) is 0 Å². The van der Waals surface area contributed by atoms with Crippen molar-refractivity contribution in [2.45, 2.75) is 6.92 Å². The average molecular weight is 333 g/mol. The summed E-state index contributed by atoms with van der Waals surface area (Å²) in [6.45, 7) is 1.59. The third-order valence-corrected chi connectivity index (χ3v) is 4.23. The lowest BCUT2D eigenvalue weighted by Gasteiger charge is -2.15. The van der Waals surface area contributed by atoms with Crippen molar-refractivity contribution in [1.29, 1.82) is 0 Å². The standard InChI is InChI=1S/C19H15N3O3/c1-12-18(20-14-8-4-5-9-15(14)22(12)24)19(23)21(2)17-11-13-7-3-6-10-16(13)25-17/h3-11H,1-2H3. The Morgan fingerprint density at radius 2 is 1.88 bits per heavy atom. The molecule has 4 aromatic rings. The first kappa shape index (κ1) is 15.1. The number of furan rings is 1. The summed E-state index contributed by atoms with van der Waals surface area (Å²) in [6, 6.07) is 16.2. The van der Waals surface area contributed by atoms with Crippen LogP contribution in [0.15, 0.2) is 59.0 Å². The van der Waals surface area contributed by atoms with Gasteiger partial charge in [0.2, 0.25) is 17.1 Å². The van der Waals surface area contributed by atoms with Gasteiger partial charge in [0.05, 0.1) is 0 Å². The van der Waals surface area contributed by atoms with Crippen molar-refractivity contribution >= 4 is 33.8 Å². The summed E-state index contributed by atoms with van der Waals surface area (Å²) in [5.74, 6) is 0.00455. The van der Waals surface area contributed by atoms with Crippen LogP contribution in [0.4, 0.5) is 5.88 Å². The molecule has 6 heteroatoms. The highest BCUT2D eigenvalue weighted by Crippen LogP contribution is 2.26. The lowest BCUT2D eigenvalue weighted by Crippen LogP contribution is -2.37. The number of nitrogens with zero attached hydrogens (tertiary/aromatic N) is 3. The number of hydrogen-bond acceptors (Lipinski definition) is 4. The number of rotatable bonds is 2. The summed E-state index contributed by atoms with van der Waals surface area (Å²) in [6.07, 6.45) is 0. The molecule has 0 saturated carbocycles. The number of anilines is 1. The Labute approximate surface area is 143 Å². The first-order valence-electron chi connectivity index (χ1n) is 7.82. The zero-order valence-corrected chi connectivity index (χ0v) is 13.8. The molecule has 6 nitrogen and oxygen atoms in total. The van der Waals surface area contributed by atoms with E-state index >= 15 is 0 Å². The van der Waals surface area contributed by atoms with Crippen LogP contribution in [0.2, 0.25) is 0 Å². The third kappa shape index (κ3) is 2.39. The van der Waals surface area contributed by atoms with Gasteiger partial charge in [0.15, 0.2) is 5.69 Å². The lowest BCUT2D eigenvalue weighted by atomic mass is 10.2. The number of carbonyl (C=O) groups excluding carboxylic acids is 1. The van der Waals surface area contributed by atoms with Gasteiger partial charge in [-0.2, -0.15) is 4.73 Å². The van der Waals surface area contributed by atoms with Crippen LogP contribution in [-0.2, 0) is 0 Å². The first-order chi connectivity index (χ1) is 12.1. The second kappa shape index (κ2) is 5.59. The van der Waals surface area contributed by atoms with Crippen molar-refractivity contribution in [3.05, 3.63) is 71.2 Å². The molecule has 0 unspecified atom stereocenters. The predicted octanol–water partition coefficient (Wildman–Crippen LogP) is 3.20. The minimum Gasteiger partial charge on any atom is -0.618 e. The van der Waals surface area contributed by atoms with E-state index in [1.807, 2.05) is 24.3 Å². The molecule has 2 aromatic heterocycles. The highest BCUT2D eigenvalue weighted by Gasteiger charge is 2.25. The van der Waals surface area contributed by atoms with Gasteiger partial charge in [-0.05, 0) is 12.1 Å². The van der Waals surface area contributed by atoms with Crippen molar-refractivity contribution in [3.63, 3.8) is 0 Å². The number of fused-ring (bicyclic) bond motifs is 2. The van der Waals surface area contributed by atoms with Gasteiger partial charge in [-0.1, -0.05) is 30.3 Å². The van der Waals surface area contributed by atoms with Gasteiger partial charge in [-0.25, -0.2) is 4.98 Å². The van der Waals surface area contributed by atoms with Gasteiger partial charge in [-0.3, -0.25) is 9.69 Å². The molecule has 0 radical (unpaired) electrons. The summed E-state index contributed by atoms with van der Waals surface area (Å²) in [7, 11) is 1.60. The van der Waals surface area contributed by atoms with E-state index in [1.54, 1.807) is 44.3 Å². The van der Waals surface area contributed by atoms with Gasteiger partial charge in [-0.15, -0.1) is 0 Å². The Bertz CT molecular complexity index is 1080. The molecular weight excluding hydrogens is 318 g/mol. The SMILES string of the molecule is Cc1c(C(=O)N(C)c2cc3ccccc3o2)nc2ccccc2[n+]1[O-]. The Hall–Kier alpha value is -3.41. The van der Waals surface area contributed by atoms with Crippen LogP contribution in [0.1, 0.15) is 16.2 Å². The van der Waals surface area contributed by atoms with E-state index in [-0.39, 0.29) is 11.4 Å². The van der Waals surface area contributed by atoms with Crippen molar-refractivity contribution in [2.24, 2.45) is 0 Å². The summed E-state index contributed by atoms with van der Waals surface area (Å²) in [4.78, 5) is 18.6. The van der Waals surface area contributed by atoms with Crippen LogP contribution in [-0.4, -0.2) is 17.9 Å². The molecule has 0 aliphatic carbocycles. The molecule has 0 bridgehead atoms. The first-order valence-corrected chi connectivity index (χ1v) is 7.82. The minimum absolute atomic E-state index is 0.108. The molecule has 0 aliphatic rings. The quantitative estimate of drug-likeness (QED) is 0.417. The maximum absolute atomic E-state index is 12.9. The highest BCUT2D eigenvalue weighted by atomic mass is 16.5. The fourth-order valence-electron chi connectivity index (χ4n) is 2.80. The van der Waals surface area contributed by atoms with E-state index in [4.69, 9.17) is 4.42 Å². The molecule has 1 amide bonds.